The predicted molar refractivity (Wildman–Crippen MR) is 79.0 cm³/mol. The lowest BCUT2D eigenvalue weighted by Crippen LogP contribution is -1.98. The second-order valence-corrected chi connectivity index (χ2v) is 5.06. The number of ether oxygens (including phenoxy) is 1. The van der Waals surface area contributed by atoms with Crippen LogP contribution in [0.3, 0.4) is 0 Å². The number of rotatable bonds is 4. The van der Waals surface area contributed by atoms with Crippen LogP contribution in [0.2, 0.25) is 0 Å². The summed E-state index contributed by atoms with van der Waals surface area (Å²) in [5.74, 6) is -0.506. The molecule has 0 saturated carbocycles. The predicted octanol–water partition coefficient (Wildman–Crippen LogP) is 4.16. The molecule has 0 aromatic heterocycles. The van der Waals surface area contributed by atoms with Crippen LogP contribution in [-0.4, -0.2) is 16.0 Å². The number of benzene rings is 2. The first-order chi connectivity index (χ1) is 9.90. The van der Waals surface area contributed by atoms with Crippen LogP contribution in [0.25, 0.3) is 0 Å². The maximum Gasteiger partial charge on any atom is 0.335 e. The number of carboxylic acid groups (broad SMARTS) is 1. The van der Waals surface area contributed by atoms with Crippen molar-refractivity contribution in [1.82, 2.24) is 0 Å². The average Bonchev–Trinajstić information content (AvgIpc) is 2.42. The van der Waals surface area contributed by atoms with E-state index in [0.29, 0.717) is 15.8 Å². The molecule has 0 fully saturated rings. The molecule has 0 bridgehead atoms. The highest BCUT2D eigenvalue weighted by atomic mass is 79.9. The Morgan fingerprint density at radius 2 is 2.00 bits per heavy atom. The first-order valence-corrected chi connectivity index (χ1v) is 6.64. The van der Waals surface area contributed by atoms with E-state index in [2.05, 4.69) is 15.9 Å². The van der Waals surface area contributed by atoms with Gasteiger partial charge in [0.05, 0.1) is 20.5 Å². The topological polar surface area (TPSA) is 89.7 Å². The molecule has 21 heavy (non-hydrogen) atoms. The molecule has 108 valence electrons. The summed E-state index contributed by atoms with van der Waals surface area (Å²) in [5, 5.41) is 19.9. The molecule has 2 aromatic rings. The lowest BCUT2D eigenvalue weighted by atomic mass is 10.2. The van der Waals surface area contributed by atoms with Crippen molar-refractivity contribution in [3.05, 3.63) is 62.1 Å². The van der Waals surface area contributed by atoms with Crippen molar-refractivity contribution >= 4 is 27.6 Å². The van der Waals surface area contributed by atoms with Crippen molar-refractivity contribution in [1.29, 1.82) is 0 Å². The molecule has 0 unspecified atom stereocenters. The Balaban J connectivity index is 2.43. The van der Waals surface area contributed by atoms with Crippen molar-refractivity contribution in [3.8, 4) is 11.5 Å². The van der Waals surface area contributed by atoms with E-state index in [0.717, 1.165) is 0 Å². The smallest absolute Gasteiger partial charge is 0.335 e. The van der Waals surface area contributed by atoms with Gasteiger partial charge >= 0.3 is 5.97 Å². The molecule has 1 N–H and O–H groups in total. The van der Waals surface area contributed by atoms with Crippen LogP contribution >= 0.6 is 15.9 Å². The van der Waals surface area contributed by atoms with Gasteiger partial charge in [-0.05, 0) is 47.1 Å². The molecule has 0 aliphatic rings. The van der Waals surface area contributed by atoms with Crippen LogP contribution in [0.15, 0.2) is 40.9 Å². The Morgan fingerprint density at radius 3 is 2.62 bits per heavy atom. The number of nitro groups is 1. The fraction of sp³-hybridized carbons (Fsp3) is 0.0714. The quantitative estimate of drug-likeness (QED) is 0.659. The molecule has 2 aromatic carbocycles. The van der Waals surface area contributed by atoms with Gasteiger partial charge in [-0.3, -0.25) is 10.1 Å². The second kappa shape index (κ2) is 5.92. The van der Waals surface area contributed by atoms with Gasteiger partial charge in [0.25, 0.3) is 5.69 Å². The van der Waals surface area contributed by atoms with Crippen molar-refractivity contribution < 1.29 is 19.6 Å². The monoisotopic (exact) mass is 351 g/mol. The third-order valence-corrected chi connectivity index (χ3v) is 3.51. The number of hydrogen-bond acceptors (Lipinski definition) is 4. The largest absolute Gasteiger partial charge is 0.478 e. The Morgan fingerprint density at radius 1 is 1.29 bits per heavy atom. The zero-order valence-corrected chi connectivity index (χ0v) is 12.5. The Bertz CT molecular complexity index is 729. The summed E-state index contributed by atoms with van der Waals surface area (Å²) < 4.78 is 6.16. The van der Waals surface area contributed by atoms with Gasteiger partial charge in [0.2, 0.25) is 0 Å². The highest BCUT2D eigenvalue weighted by Gasteiger charge is 2.16. The van der Waals surface area contributed by atoms with Gasteiger partial charge < -0.3 is 9.84 Å². The SMILES string of the molecule is Cc1c(Oc2cc(C(=O)O)ccc2Br)cccc1[N+](=O)[O-]. The summed E-state index contributed by atoms with van der Waals surface area (Å²) in [5.41, 5.74) is 0.379. The van der Waals surface area contributed by atoms with E-state index in [9.17, 15) is 14.9 Å². The molecule has 7 heteroatoms. The van der Waals surface area contributed by atoms with Crippen molar-refractivity contribution in [2.24, 2.45) is 0 Å². The third kappa shape index (κ3) is 3.19. The van der Waals surface area contributed by atoms with Gasteiger partial charge in [-0.1, -0.05) is 6.07 Å². The molecular weight excluding hydrogens is 342 g/mol. The lowest BCUT2D eigenvalue weighted by Gasteiger charge is -2.11. The van der Waals surface area contributed by atoms with Gasteiger partial charge in [0.1, 0.15) is 11.5 Å². The fourth-order valence-corrected chi connectivity index (χ4v) is 2.07. The van der Waals surface area contributed by atoms with E-state index in [1.54, 1.807) is 19.1 Å². The number of aromatic carboxylic acids is 1. The first kappa shape index (κ1) is 15.0. The van der Waals surface area contributed by atoms with E-state index in [-0.39, 0.29) is 17.0 Å². The van der Waals surface area contributed by atoms with Gasteiger partial charge in [-0.15, -0.1) is 0 Å². The Labute approximate surface area is 128 Å². The first-order valence-electron chi connectivity index (χ1n) is 5.85. The summed E-state index contributed by atoms with van der Waals surface area (Å²) in [6.07, 6.45) is 0. The summed E-state index contributed by atoms with van der Waals surface area (Å²) in [4.78, 5) is 21.4. The van der Waals surface area contributed by atoms with Crippen LogP contribution in [0.4, 0.5) is 5.69 Å². The number of carboxylic acids is 1. The Kier molecular flexibility index (Phi) is 4.23. The second-order valence-electron chi connectivity index (χ2n) is 4.21. The highest BCUT2D eigenvalue weighted by molar-refractivity contribution is 9.10. The van der Waals surface area contributed by atoms with Crippen LogP contribution in [0, 0.1) is 17.0 Å². The Hall–Kier alpha value is -2.41. The van der Waals surface area contributed by atoms with E-state index >= 15 is 0 Å². The van der Waals surface area contributed by atoms with Crippen LogP contribution in [0.1, 0.15) is 15.9 Å². The number of hydrogen-bond donors (Lipinski definition) is 1. The zero-order valence-electron chi connectivity index (χ0n) is 10.9. The van der Waals surface area contributed by atoms with Crippen molar-refractivity contribution in [2.45, 2.75) is 6.92 Å². The van der Waals surface area contributed by atoms with Gasteiger partial charge in [-0.25, -0.2) is 4.79 Å². The minimum absolute atomic E-state index is 0.0574. The minimum atomic E-state index is -1.08. The lowest BCUT2D eigenvalue weighted by molar-refractivity contribution is -0.385. The maximum absolute atomic E-state index is 11.0. The minimum Gasteiger partial charge on any atom is -0.478 e. The number of nitro benzene ring substituents is 1. The highest BCUT2D eigenvalue weighted by Crippen LogP contribution is 2.35. The van der Waals surface area contributed by atoms with Crippen LogP contribution < -0.4 is 4.74 Å². The molecule has 0 aliphatic heterocycles. The summed E-state index contributed by atoms with van der Waals surface area (Å²) >= 11 is 3.26. The maximum atomic E-state index is 11.0. The normalized spacial score (nSPS) is 10.2. The fourth-order valence-electron chi connectivity index (χ4n) is 1.74. The molecule has 0 radical (unpaired) electrons. The molecular formula is C14H10BrNO5. The van der Waals surface area contributed by atoms with Gasteiger partial charge in [0.15, 0.2) is 0 Å². The van der Waals surface area contributed by atoms with E-state index in [1.807, 2.05) is 0 Å². The molecule has 2 rings (SSSR count). The van der Waals surface area contributed by atoms with E-state index < -0.39 is 10.9 Å². The summed E-state index contributed by atoms with van der Waals surface area (Å²) in [7, 11) is 0. The summed E-state index contributed by atoms with van der Waals surface area (Å²) in [6, 6.07) is 8.80. The molecule has 0 aliphatic carbocycles. The van der Waals surface area contributed by atoms with Crippen LogP contribution in [-0.2, 0) is 0 Å². The molecule has 0 heterocycles. The number of nitrogens with zero attached hydrogens (tertiary/aromatic N) is 1. The number of carbonyl (C=O) groups is 1. The van der Waals surface area contributed by atoms with Gasteiger partial charge in [-0.2, -0.15) is 0 Å². The molecule has 0 amide bonds. The van der Waals surface area contributed by atoms with E-state index in [1.165, 1.54) is 24.3 Å². The zero-order chi connectivity index (χ0) is 15.6. The van der Waals surface area contributed by atoms with Gasteiger partial charge in [0, 0.05) is 6.07 Å². The summed E-state index contributed by atoms with van der Waals surface area (Å²) in [6.45, 7) is 1.57. The average molecular weight is 352 g/mol. The molecule has 0 atom stereocenters. The standard InChI is InChI=1S/C14H10BrNO5/c1-8-11(16(19)20)3-2-4-12(8)21-13-7-9(14(17)18)5-6-10(13)15/h2-7H,1H3,(H,17,18). The van der Waals surface area contributed by atoms with E-state index in [4.69, 9.17) is 9.84 Å². The molecule has 6 nitrogen and oxygen atoms in total. The van der Waals surface area contributed by atoms with Crippen LogP contribution in [0.5, 0.6) is 11.5 Å². The van der Waals surface area contributed by atoms with Crippen molar-refractivity contribution in [2.75, 3.05) is 0 Å². The molecule has 0 spiro atoms. The molecule has 0 saturated heterocycles. The number of halogens is 1. The van der Waals surface area contributed by atoms with Crippen molar-refractivity contribution in [3.63, 3.8) is 0 Å². The third-order valence-electron chi connectivity index (χ3n) is 2.85.